The second kappa shape index (κ2) is 15.5. The maximum absolute atomic E-state index is 13.8. The minimum atomic E-state index is -0.131. The van der Waals surface area contributed by atoms with Gasteiger partial charge in [0.15, 0.2) is 0 Å². The smallest absolute Gasteiger partial charge is 0.321 e. The van der Waals surface area contributed by atoms with Gasteiger partial charge in [0.25, 0.3) is 0 Å². The molecule has 0 saturated carbocycles. The highest BCUT2D eigenvalue weighted by Crippen LogP contribution is 2.28. The summed E-state index contributed by atoms with van der Waals surface area (Å²) < 4.78 is 5.52. The molecule has 4 rings (SSSR count). The minimum absolute atomic E-state index is 0.131. The first-order valence-corrected chi connectivity index (χ1v) is 14.5. The normalized spacial score (nSPS) is 14.2. The molecule has 218 valence electrons. The summed E-state index contributed by atoms with van der Waals surface area (Å²) in [6.45, 7) is 7.14. The molecule has 1 aliphatic rings. The fourth-order valence-electron chi connectivity index (χ4n) is 4.99. The summed E-state index contributed by atoms with van der Waals surface area (Å²) in [6, 6.07) is 26.4. The van der Waals surface area contributed by atoms with E-state index in [1.165, 1.54) is 11.1 Å². The molecule has 1 aliphatic heterocycles. The predicted octanol–water partition coefficient (Wildman–Crippen LogP) is 5.52. The second-order valence-electron chi connectivity index (χ2n) is 10.2. The van der Waals surface area contributed by atoms with Gasteiger partial charge in [-0.2, -0.15) is 5.10 Å². The number of amides is 2. The molecular weight excluding hydrogens is 536 g/mol. The molecule has 8 nitrogen and oxygen atoms in total. The number of hydrazone groups is 1. The molecule has 1 saturated heterocycles. The Bertz CT molecular complexity index is 1230. The quantitative estimate of drug-likeness (QED) is 0.219. The first-order valence-electron chi connectivity index (χ1n) is 14.2. The standard InChI is InChI=1S/C32H41ClN6O2/c1-25(36-37(3)34-2)30-24-28(14-15-31(30)33)35-32(40)39(19-18-38-20-22-41-23-21-38)17-16-29(26-10-6-4-7-11-26)27-12-8-5-9-13-27/h4-15,24,29,34H,16-23H2,1-3H3,(H,35,40)/b36-25+. The molecule has 0 atom stereocenters. The lowest BCUT2D eigenvalue weighted by Crippen LogP contribution is -2.44. The van der Waals surface area contributed by atoms with Gasteiger partial charge in [-0.05, 0) is 42.7 Å². The van der Waals surface area contributed by atoms with Crippen molar-refractivity contribution in [2.24, 2.45) is 5.10 Å². The van der Waals surface area contributed by atoms with Gasteiger partial charge < -0.3 is 15.0 Å². The van der Waals surface area contributed by atoms with E-state index in [9.17, 15) is 4.79 Å². The molecule has 0 unspecified atom stereocenters. The second-order valence-corrected chi connectivity index (χ2v) is 10.6. The summed E-state index contributed by atoms with van der Waals surface area (Å²) in [6.07, 6.45) is 0.804. The van der Waals surface area contributed by atoms with E-state index < -0.39 is 0 Å². The summed E-state index contributed by atoms with van der Waals surface area (Å²) in [7, 11) is 3.61. The van der Waals surface area contributed by atoms with Crippen molar-refractivity contribution in [2.45, 2.75) is 19.3 Å². The van der Waals surface area contributed by atoms with Crippen molar-refractivity contribution in [1.82, 2.24) is 20.3 Å². The molecule has 3 aromatic rings. The van der Waals surface area contributed by atoms with Crippen LogP contribution in [0.4, 0.5) is 10.5 Å². The van der Waals surface area contributed by atoms with Crippen molar-refractivity contribution in [3.63, 3.8) is 0 Å². The van der Waals surface area contributed by atoms with Crippen LogP contribution in [0.2, 0.25) is 5.02 Å². The first kappa shape index (κ1) is 30.5. The number of hydrazine groups is 1. The summed E-state index contributed by atoms with van der Waals surface area (Å²) in [5.74, 6) is 0.182. The maximum atomic E-state index is 13.8. The largest absolute Gasteiger partial charge is 0.379 e. The van der Waals surface area contributed by atoms with E-state index in [2.05, 4.69) is 69.3 Å². The van der Waals surface area contributed by atoms with Crippen LogP contribution < -0.4 is 10.7 Å². The number of carbonyl (C=O) groups excluding carboxylic acids is 1. The van der Waals surface area contributed by atoms with Gasteiger partial charge in [0.1, 0.15) is 0 Å². The van der Waals surface area contributed by atoms with E-state index in [4.69, 9.17) is 16.3 Å². The Labute approximate surface area is 248 Å². The number of nitrogens with zero attached hydrogens (tertiary/aromatic N) is 4. The monoisotopic (exact) mass is 576 g/mol. The van der Waals surface area contributed by atoms with Gasteiger partial charge in [0.2, 0.25) is 0 Å². The molecule has 0 radical (unpaired) electrons. The van der Waals surface area contributed by atoms with Crippen molar-refractivity contribution in [1.29, 1.82) is 0 Å². The molecular formula is C32H41ClN6O2. The van der Waals surface area contributed by atoms with Crippen molar-refractivity contribution >= 4 is 29.0 Å². The van der Waals surface area contributed by atoms with Crippen LogP contribution in [-0.2, 0) is 4.74 Å². The van der Waals surface area contributed by atoms with Crippen LogP contribution in [0.3, 0.4) is 0 Å². The van der Waals surface area contributed by atoms with Gasteiger partial charge in [0, 0.05) is 69.0 Å². The molecule has 1 heterocycles. The van der Waals surface area contributed by atoms with Crippen LogP contribution in [0.5, 0.6) is 0 Å². The van der Waals surface area contributed by atoms with E-state index >= 15 is 0 Å². The highest BCUT2D eigenvalue weighted by Gasteiger charge is 2.21. The third kappa shape index (κ3) is 9.03. The molecule has 0 aliphatic carbocycles. The summed E-state index contributed by atoms with van der Waals surface area (Å²) in [5.41, 5.74) is 7.62. The molecule has 41 heavy (non-hydrogen) atoms. The van der Waals surface area contributed by atoms with E-state index in [0.717, 1.165) is 50.5 Å². The third-order valence-corrected chi connectivity index (χ3v) is 7.73. The number of hydrogen-bond donors (Lipinski definition) is 2. The lowest BCUT2D eigenvalue weighted by molar-refractivity contribution is 0.0351. The summed E-state index contributed by atoms with van der Waals surface area (Å²) in [4.78, 5) is 18.0. The lowest BCUT2D eigenvalue weighted by atomic mass is 9.88. The number of anilines is 1. The summed E-state index contributed by atoms with van der Waals surface area (Å²) >= 11 is 6.49. The Morgan fingerprint density at radius 1 is 1.00 bits per heavy atom. The number of hydrogen-bond acceptors (Lipinski definition) is 6. The molecule has 3 aromatic carbocycles. The fourth-order valence-corrected chi connectivity index (χ4v) is 5.25. The topological polar surface area (TPSA) is 72.4 Å². The van der Waals surface area contributed by atoms with Crippen LogP contribution in [0.15, 0.2) is 84.0 Å². The Hall–Kier alpha value is -3.43. The van der Waals surface area contributed by atoms with Gasteiger partial charge in [-0.25, -0.2) is 15.3 Å². The van der Waals surface area contributed by atoms with Crippen LogP contribution in [-0.4, -0.2) is 86.7 Å². The summed E-state index contributed by atoms with van der Waals surface area (Å²) in [5, 5.41) is 9.80. The van der Waals surface area contributed by atoms with Gasteiger partial charge >= 0.3 is 6.03 Å². The maximum Gasteiger partial charge on any atom is 0.321 e. The van der Waals surface area contributed by atoms with Crippen molar-refractivity contribution in [2.75, 3.05) is 65.3 Å². The Morgan fingerprint density at radius 2 is 1.63 bits per heavy atom. The highest BCUT2D eigenvalue weighted by molar-refractivity contribution is 6.34. The number of halogens is 1. The molecule has 2 amide bonds. The average Bonchev–Trinajstić information content (AvgIpc) is 3.01. The van der Waals surface area contributed by atoms with E-state index in [0.29, 0.717) is 23.8 Å². The van der Waals surface area contributed by atoms with Gasteiger partial charge in [-0.1, -0.05) is 72.3 Å². The average molecular weight is 577 g/mol. The first-order chi connectivity index (χ1) is 19.9. The van der Waals surface area contributed by atoms with E-state index in [-0.39, 0.29) is 11.9 Å². The highest BCUT2D eigenvalue weighted by atomic mass is 35.5. The lowest BCUT2D eigenvalue weighted by Gasteiger charge is -2.31. The van der Waals surface area contributed by atoms with E-state index in [1.807, 2.05) is 43.1 Å². The number of nitrogens with one attached hydrogen (secondary N) is 2. The van der Waals surface area contributed by atoms with Crippen molar-refractivity contribution in [3.8, 4) is 0 Å². The van der Waals surface area contributed by atoms with Gasteiger partial charge in [-0.3, -0.25) is 4.90 Å². The fraction of sp³-hybridized carbons (Fsp3) is 0.375. The van der Waals surface area contributed by atoms with Crippen molar-refractivity contribution in [3.05, 3.63) is 101 Å². The predicted molar refractivity (Wildman–Crippen MR) is 168 cm³/mol. The molecule has 0 aromatic heterocycles. The molecule has 1 fully saturated rings. The Balaban J connectivity index is 1.53. The molecule has 2 N–H and O–H groups in total. The van der Waals surface area contributed by atoms with Crippen molar-refractivity contribution < 1.29 is 9.53 Å². The SMILES string of the molecule is CNN(C)/N=C(\C)c1cc(NC(=O)N(CCC(c2ccccc2)c2ccccc2)CCN2CCOCC2)ccc1Cl. The van der Waals surface area contributed by atoms with Crippen LogP contribution in [0, 0.1) is 0 Å². The number of rotatable bonds is 12. The molecule has 9 heteroatoms. The minimum Gasteiger partial charge on any atom is -0.379 e. The zero-order valence-corrected chi connectivity index (χ0v) is 25.0. The van der Waals surface area contributed by atoms with Gasteiger partial charge in [0.05, 0.1) is 18.9 Å². The Kier molecular flexibility index (Phi) is 11.6. The van der Waals surface area contributed by atoms with E-state index in [1.54, 1.807) is 18.2 Å². The molecule has 0 bridgehead atoms. The van der Waals surface area contributed by atoms with Crippen LogP contribution in [0.1, 0.15) is 36.0 Å². The number of urea groups is 1. The number of carbonyl (C=O) groups is 1. The zero-order valence-electron chi connectivity index (χ0n) is 24.2. The van der Waals surface area contributed by atoms with Gasteiger partial charge in [-0.15, -0.1) is 0 Å². The molecule has 0 spiro atoms. The number of benzene rings is 3. The number of morpholine rings is 1. The zero-order chi connectivity index (χ0) is 29.0. The van der Waals surface area contributed by atoms with Crippen LogP contribution >= 0.6 is 11.6 Å². The number of ether oxygens (including phenoxy) is 1. The van der Waals surface area contributed by atoms with Crippen LogP contribution in [0.25, 0.3) is 0 Å². The third-order valence-electron chi connectivity index (χ3n) is 7.40. The Morgan fingerprint density at radius 3 is 2.24 bits per heavy atom.